The number of imidazole rings is 1. The fraction of sp³-hybridized carbons (Fsp3) is 0.405. The van der Waals surface area contributed by atoms with Crippen LogP contribution in [0.25, 0.3) is 44.6 Å². The predicted octanol–water partition coefficient (Wildman–Crippen LogP) is 10.7. The first-order valence-corrected chi connectivity index (χ1v) is 16.9. The molecule has 0 amide bonds. The SMILES string of the molecule is Cc1c(C)c(-n2nnc3c(C)c(C)c(C)c(C)c32)c(C)c(C)c1-c1c(C)c(C)c(-n2c(C)nc3c(C)c(C)c(C)c(C)c32)c(C)c1C. The van der Waals surface area contributed by atoms with Crippen LogP contribution in [0.1, 0.15) is 94.8 Å². The molecule has 0 spiro atoms. The van der Waals surface area contributed by atoms with E-state index in [2.05, 4.69) is 127 Å². The molecule has 0 saturated carbocycles. The van der Waals surface area contributed by atoms with Crippen molar-refractivity contribution in [3.05, 3.63) is 94.8 Å². The van der Waals surface area contributed by atoms with Crippen molar-refractivity contribution in [2.75, 3.05) is 0 Å². The zero-order chi connectivity index (χ0) is 34.7. The Balaban J connectivity index is 1.65. The maximum absolute atomic E-state index is 5.15. The lowest BCUT2D eigenvalue weighted by Gasteiger charge is -2.27. The summed E-state index contributed by atoms with van der Waals surface area (Å²) in [5, 5.41) is 9.52. The number of fused-ring (bicyclic) bond motifs is 2. The lowest BCUT2D eigenvalue weighted by atomic mass is 9.81. The molecule has 0 atom stereocenters. The molecule has 0 aliphatic rings. The van der Waals surface area contributed by atoms with E-state index >= 15 is 0 Å². The number of hydrogen-bond acceptors (Lipinski definition) is 3. The Hall–Kier alpha value is -4.25. The second-order valence-corrected chi connectivity index (χ2v) is 14.3. The monoisotopic (exact) mass is 625 g/mol. The lowest BCUT2D eigenvalue weighted by molar-refractivity contribution is 0.809. The van der Waals surface area contributed by atoms with Crippen LogP contribution in [0.15, 0.2) is 0 Å². The van der Waals surface area contributed by atoms with Crippen LogP contribution < -0.4 is 0 Å². The van der Waals surface area contributed by atoms with Gasteiger partial charge in [-0.25, -0.2) is 9.67 Å². The number of aromatic nitrogens is 5. The Bertz CT molecular complexity index is 2300. The summed E-state index contributed by atoms with van der Waals surface area (Å²) in [7, 11) is 0. The molecular formula is C42H51N5. The molecule has 0 aliphatic carbocycles. The third kappa shape index (κ3) is 4.24. The van der Waals surface area contributed by atoms with Gasteiger partial charge in [-0.15, -0.1) is 5.10 Å². The van der Waals surface area contributed by atoms with Crippen LogP contribution in [0.5, 0.6) is 0 Å². The molecule has 2 heterocycles. The van der Waals surface area contributed by atoms with Gasteiger partial charge < -0.3 is 0 Å². The number of benzene rings is 4. The van der Waals surface area contributed by atoms with Crippen molar-refractivity contribution in [1.82, 2.24) is 24.5 Å². The fourth-order valence-corrected chi connectivity index (χ4v) is 8.26. The Labute approximate surface area is 281 Å². The van der Waals surface area contributed by atoms with E-state index in [-0.39, 0.29) is 0 Å². The van der Waals surface area contributed by atoms with Crippen LogP contribution in [0, 0.1) is 118 Å². The summed E-state index contributed by atoms with van der Waals surface area (Å²) in [4.78, 5) is 5.15. The highest BCUT2D eigenvalue weighted by atomic mass is 15.4. The summed E-state index contributed by atoms with van der Waals surface area (Å²) in [5.41, 5.74) is 30.3. The van der Waals surface area contributed by atoms with Crippen molar-refractivity contribution < 1.29 is 0 Å². The van der Waals surface area contributed by atoms with Gasteiger partial charge >= 0.3 is 0 Å². The molecule has 0 N–H and O–H groups in total. The largest absolute Gasteiger partial charge is 0.296 e. The van der Waals surface area contributed by atoms with Gasteiger partial charge in [0.25, 0.3) is 0 Å². The van der Waals surface area contributed by atoms with Crippen molar-refractivity contribution >= 4 is 22.1 Å². The highest BCUT2D eigenvalue weighted by Crippen LogP contribution is 2.44. The zero-order valence-electron chi connectivity index (χ0n) is 31.7. The molecule has 244 valence electrons. The molecule has 0 radical (unpaired) electrons. The smallest absolute Gasteiger partial charge is 0.117 e. The van der Waals surface area contributed by atoms with Crippen LogP contribution in [-0.2, 0) is 0 Å². The van der Waals surface area contributed by atoms with E-state index in [1.165, 1.54) is 111 Å². The average Bonchev–Trinajstić information content (AvgIpc) is 3.62. The second kappa shape index (κ2) is 10.9. The van der Waals surface area contributed by atoms with Crippen molar-refractivity contribution in [2.45, 2.75) is 118 Å². The summed E-state index contributed by atoms with van der Waals surface area (Å²) < 4.78 is 4.54. The van der Waals surface area contributed by atoms with Gasteiger partial charge in [0.2, 0.25) is 0 Å². The minimum absolute atomic E-state index is 0.996. The van der Waals surface area contributed by atoms with E-state index in [4.69, 9.17) is 15.3 Å². The molecule has 2 aromatic heterocycles. The summed E-state index contributed by atoms with van der Waals surface area (Å²) in [6.07, 6.45) is 0. The van der Waals surface area contributed by atoms with E-state index in [1.54, 1.807) is 0 Å². The summed E-state index contributed by atoms with van der Waals surface area (Å²) in [5.74, 6) is 1.04. The van der Waals surface area contributed by atoms with Gasteiger partial charge in [-0.2, -0.15) is 0 Å². The van der Waals surface area contributed by atoms with Crippen LogP contribution >= 0.6 is 0 Å². The van der Waals surface area contributed by atoms with Crippen molar-refractivity contribution in [3.8, 4) is 22.5 Å². The number of nitrogens with zero attached hydrogens (tertiary/aromatic N) is 5. The normalized spacial score (nSPS) is 11.9. The number of rotatable bonds is 3. The van der Waals surface area contributed by atoms with E-state index in [9.17, 15) is 0 Å². The maximum Gasteiger partial charge on any atom is 0.117 e. The van der Waals surface area contributed by atoms with Crippen molar-refractivity contribution in [1.29, 1.82) is 0 Å². The Morgan fingerprint density at radius 2 is 0.723 bits per heavy atom. The van der Waals surface area contributed by atoms with Crippen LogP contribution in [0.4, 0.5) is 0 Å². The quantitative estimate of drug-likeness (QED) is 0.197. The Morgan fingerprint density at radius 3 is 1.19 bits per heavy atom. The number of hydrogen-bond donors (Lipinski definition) is 0. The highest BCUT2D eigenvalue weighted by Gasteiger charge is 2.27. The van der Waals surface area contributed by atoms with E-state index in [0.29, 0.717) is 0 Å². The third-order valence-electron chi connectivity index (χ3n) is 12.4. The molecular weight excluding hydrogens is 574 g/mol. The molecule has 5 nitrogen and oxygen atoms in total. The third-order valence-corrected chi connectivity index (χ3v) is 12.4. The molecule has 0 bridgehead atoms. The Kier molecular flexibility index (Phi) is 7.58. The fourth-order valence-electron chi connectivity index (χ4n) is 8.26. The standard InChI is InChI=1S/C42H51N5/c1-18-20(3)28(11)41-37(26(18)9)43-34(17)46(41)39-30(13)22(5)35(23(6)31(39)14)36-24(7)32(15)40(33(16)25(36)8)47-42-29(12)21(4)19(2)27(10)38(42)44-45-47/h1-17H3. The minimum atomic E-state index is 0.996. The van der Waals surface area contributed by atoms with Gasteiger partial charge in [-0.05, 0) is 218 Å². The van der Waals surface area contributed by atoms with Crippen LogP contribution in [-0.4, -0.2) is 24.5 Å². The van der Waals surface area contributed by atoms with Gasteiger partial charge in [0.15, 0.2) is 0 Å². The highest BCUT2D eigenvalue weighted by molar-refractivity contribution is 5.90. The van der Waals surface area contributed by atoms with Crippen LogP contribution in [0.3, 0.4) is 0 Å². The molecule has 0 saturated heterocycles. The molecule has 5 heteroatoms. The molecule has 4 aromatic carbocycles. The molecule has 0 fully saturated rings. The van der Waals surface area contributed by atoms with Crippen molar-refractivity contribution in [2.24, 2.45) is 0 Å². The van der Waals surface area contributed by atoms with Gasteiger partial charge in [0, 0.05) is 0 Å². The topological polar surface area (TPSA) is 48.5 Å². The van der Waals surface area contributed by atoms with Gasteiger partial charge in [0.1, 0.15) is 11.3 Å². The Morgan fingerprint density at radius 1 is 0.340 bits per heavy atom. The first kappa shape index (κ1) is 32.7. The molecule has 6 aromatic rings. The summed E-state index contributed by atoms with van der Waals surface area (Å²) in [6.45, 7) is 38.2. The van der Waals surface area contributed by atoms with Gasteiger partial charge in [-0.3, -0.25) is 4.57 Å². The maximum atomic E-state index is 5.15. The second-order valence-electron chi connectivity index (χ2n) is 14.3. The van der Waals surface area contributed by atoms with Gasteiger partial charge in [-0.1, -0.05) is 5.21 Å². The average molecular weight is 626 g/mol. The molecule has 6 rings (SSSR count). The molecule has 0 aliphatic heterocycles. The van der Waals surface area contributed by atoms with Crippen LogP contribution in [0.2, 0.25) is 0 Å². The number of aryl methyl sites for hydroxylation is 5. The summed E-state index contributed by atoms with van der Waals surface area (Å²) in [6, 6.07) is 0. The molecule has 0 unspecified atom stereocenters. The minimum Gasteiger partial charge on any atom is -0.296 e. The van der Waals surface area contributed by atoms with E-state index in [1.807, 2.05) is 0 Å². The van der Waals surface area contributed by atoms with Gasteiger partial charge in [0.05, 0.1) is 27.9 Å². The van der Waals surface area contributed by atoms with Crippen molar-refractivity contribution in [3.63, 3.8) is 0 Å². The lowest BCUT2D eigenvalue weighted by Crippen LogP contribution is -2.12. The summed E-state index contributed by atoms with van der Waals surface area (Å²) >= 11 is 0. The predicted molar refractivity (Wildman–Crippen MR) is 199 cm³/mol. The first-order valence-electron chi connectivity index (χ1n) is 16.9. The molecule has 47 heavy (non-hydrogen) atoms. The zero-order valence-corrected chi connectivity index (χ0v) is 31.7. The first-order chi connectivity index (χ1) is 21.9. The van der Waals surface area contributed by atoms with E-state index in [0.717, 1.165) is 28.1 Å². The van der Waals surface area contributed by atoms with E-state index < -0.39 is 0 Å².